The number of ether oxygens (including phenoxy) is 3. The molecule has 0 saturated heterocycles. The Morgan fingerprint density at radius 1 is 0.500 bits per heavy atom. The summed E-state index contributed by atoms with van der Waals surface area (Å²) in [6, 6.07) is 5.69. The summed E-state index contributed by atoms with van der Waals surface area (Å²) in [5, 5.41) is 0. The normalized spacial score (nSPS) is 10.6. The van der Waals surface area contributed by atoms with Crippen LogP contribution in [0.15, 0.2) is 18.2 Å². The van der Waals surface area contributed by atoms with Gasteiger partial charge in [-0.25, -0.2) is 0 Å². The lowest BCUT2D eigenvalue weighted by atomic mass is 10.3. The molecule has 0 unspecified atom stereocenters. The van der Waals surface area contributed by atoms with Crippen LogP contribution in [0.25, 0.3) is 0 Å². The van der Waals surface area contributed by atoms with Crippen molar-refractivity contribution in [3.63, 3.8) is 0 Å². The second-order valence-corrected chi connectivity index (χ2v) is 6.51. The molecule has 0 N–H and O–H groups in total. The fourth-order valence-electron chi connectivity index (χ4n) is 1.96. The van der Waals surface area contributed by atoms with E-state index in [0.717, 1.165) is 55.8 Å². The summed E-state index contributed by atoms with van der Waals surface area (Å²) < 4.78 is 17.4. The van der Waals surface area contributed by atoms with E-state index in [0.29, 0.717) is 37.5 Å². The average Bonchev–Trinajstić information content (AvgIpc) is 2.59. The molecule has 0 atom stereocenters. The highest BCUT2D eigenvalue weighted by molar-refractivity contribution is 6.18. The molecule has 0 amide bonds. The fourth-order valence-corrected chi connectivity index (χ4v) is 2.52. The number of hydrogen-bond donors (Lipinski definition) is 0. The standard InChI is InChI=1S/C18H27Cl3O3/c19-7-1-4-10-22-16-13-17(23-11-5-2-8-20)15-18(14-16)24-12-6-3-9-21/h13-15H,1-12H2. The third kappa shape index (κ3) is 10.4. The van der Waals surface area contributed by atoms with Crippen molar-refractivity contribution in [2.45, 2.75) is 38.5 Å². The molecular weight excluding hydrogens is 371 g/mol. The molecule has 6 heteroatoms. The summed E-state index contributed by atoms with van der Waals surface area (Å²) in [6.07, 6.45) is 5.61. The largest absolute Gasteiger partial charge is 0.493 e. The van der Waals surface area contributed by atoms with E-state index in [1.807, 2.05) is 18.2 Å². The van der Waals surface area contributed by atoms with Gasteiger partial charge < -0.3 is 14.2 Å². The lowest BCUT2D eigenvalue weighted by Crippen LogP contribution is -2.03. The molecule has 0 aliphatic carbocycles. The monoisotopic (exact) mass is 396 g/mol. The van der Waals surface area contributed by atoms with Crippen LogP contribution < -0.4 is 14.2 Å². The minimum atomic E-state index is 0.633. The fraction of sp³-hybridized carbons (Fsp3) is 0.667. The summed E-state index contributed by atoms with van der Waals surface area (Å²) >= 11 is 17.1. The predicted octanol–water partition coefficient (Wildman–Crippen LogP) is 5.88. The Labute approximate surface area is 160 Å². The molecule has 138 valence electrons. The minimum absolute atomic E-state index is 0.633. The molecule has 0 spiro atoms. The van der Waals surface area contributed by atoms with Gasteiger partial charge in [-0.05, 0) is 38.5 Å². The molecule has 0 radical (unpaired) electrons. The van der Waals surface area contributed by atoms with Gasteiger partial charge in [0.2, 0.25) is 0 Å². The smallest absolute Gasteiger partial charge is 0.126 e. The van der Waals surface area contributed by atoms with Crippen LogP contribution in [0.5, 0.6) is 17.2 Å². The Bertz CT molecular complexity index is 356. The minimum Gasteiger partial charge on any atom is -0.493 e. The van der Waals surface area contributed by atoms with Crippen LogP contribution in [0.4, 0.5) is 0 Å². The number of hydrogen-bond acceptors (Lipinski definition) is 3. The van der Waals surface area contributed by atoms with Crippen molar-refractivity contribution in [2.75, 3.05) is 37.5 Å². The van der Waals surface area contributed by atoms with Gasteiger partial charge >= 0.3 is 0 Å². The highest BCUT2D eigenvalue weighted by Crippen LogP contribution is 2.28. The van der Waals surface area contributed by atoms with Gasteiger partial charge in [-0.1, -0.05) is 0 Å². The molecule has 3 nitrogen and oxygen atoms in total. The van der Waals surface area contributed by atoms with E-state index in [1.54, 1.807) is 0 Å². The summed E-state index contributed by atoms with van der Waals surface area (Å²) in [4.78, 5) is 0. The van der Waals surface area contributed by atoms with Gasteiger partial charge in [0, 0.05) is 35.8 Å². The van der Waals surface area contributed by atoms with E-state index in [-0.39, 0.29) is 0 Å². The molecule has 0 aromatic heterocycles. The van der Waals surface area contributed by atoms with E-state index in [2.05, 4.69) is 0 Å². The molecule has 0 aliphatic heterocycles. The Balaban J connectivity index is 2.58. The Morgan fingerprint density at radius 3 is 1.04 bits per heavy atom. The van der Waals surface area contributed by atoms with Crippen LogP contribution in [0, 0.1) is 0 Å². The number of rotatable bonds is 15. The maximum atomic E-state index is 5.78. The van der Waals surface area contributed by atoms with E-state index < -0.39 is 0 Å². The maximum absolute atomic E-state index is 5.78. The van der Waals surface area contributed by atoms with Crippen LogP contribution >= 0.6 is 34.8 Å². The summed E-state index contributed by atoms with van der Waals surface area (Å²) in [5.41, 5.74) is 0. The number of benzene rings is 1. The second kappa shape index (κ2) is 14.8. The van der Waals surface area contributed by atoms with Gasteiger partial charge in [0.05, 0.1) is 19.8 Å². The Hall–Kier alpha value is -0.510. The Kier molecular flexibility index (Phi) is 13.3. The zero-order valence-electron chi connectivity index (χ0n) is 14.1. The second-order valence-electron chi connectivity index (χ2n) is 5.37. The first-order valence-electron chi connectivity index (χ1n) is 8.51. The quantitative estimate of drug-likeness (QED) is 0.273. The van der Waals surface area contributed by atoms with Crippen LogP contribution in [0.1, 0.15) is 38.5 Å². The molecule has 1 rings (SSSR count). The molecule has 1 aromatic carbocycles. The van der Waals surface area contributed by atoms with Crippen molar-refractivity contribution in [2.24, 2.45) is 0 Å². The van der Waals surface area contributed by atoms with Gasteiger partial charge in [0.15, 0.2) is 0 Å². The molecular formula is C18H27Cl3O3. The third-order valence-corrected chi connectivity index (χ3v) is 4.05. The lowest BCUT2D eigenvalue weighted by Gasteiger charge is -2.13. The van der Waals surface area contributed by atoms with Gasteiger partial charge in [-0.2, -0.15) is 0 Å². The van der Waals surface area contributed by atoms with E-state index >= 15 is 0 Å². The molecule has 1 aromatic rings. The number of halogens is 3. The van der Waals surface area contributed by atoms with E-state index in [1.165, 1.54) is 0 Å². The van der Waals surface area contributed by atoms with Crippen molar-refractivity contribution in [3.8, 4) is 17.2 Å². The molecule has 0 heterocycles. The van der Waals surface area contributed by atoms with Gasteiger partial charge in [0.1, 0.15) is 17.2 Å². The number of alkyl halides is 3. The summed E-state index contributed by atoms with van der Waals surface area (Å²) in [7, 11) is 0. The highest BCUT2D eigenvalue weighted by atomic mass is 35.5. The van der Waals surface area contributed by atoms with E-state index in [9.17, 15) is 0 Å². The molecule has 0 saturated carbocycles. The average molecular weight is 398 g/mol. The summed E-state index contributed by atoms with van der Waals surface area (Å²) in [6.45, 7) is 1.90. The predicted molar refractivity (Wildman–Crippen MR) is 103 cm³/mol. The zero-order valence-corrected chi connectivity index (χ0v) is 16.3. The molecule has 24 heavy (non-hydrogen) atoms. The zero-order chi connectivity index (χ0) is 17.5. The number of unbranched alkanes of at least 4 members (excludes halogenated alkanes) is 3. The van der Waals surface area contributed by atoms with Crippen molar-refractivity contribution in [1.29, 1.82) is 0 Å². The third-order valence-electron chi connectivity index (χ3n) is 3.24. The topological polar surface area (TPSA) is 27.7 Å². The first-order chi connectivity index (χ1) is 11.8. The molecule has 0 aliphatic rings. The molecule has 0 bridgehead atoms. The van der Waals surface area contributed by atoms with E-state index in [4.69, 9.17) is 49.0 Å². The lowest BCUT2D eigenvalue weighted by molar-refractivity contribution is 0.280. The van der Waals surface area contributed by atoms with Crippen LogP contribution in [-0.4, -0.2) is 37.5 Å². The highest BCUT2D eigenvalue weighted by Gasteiger charge is 2.05. The maximum Gasteiger partial charge on any atom is 0.126 e. The van der Waals surface area contributed by atoms with Crippen molar-refractivity contribution >= 4 is 34.8 Å². The van der Waals surface area contributed by atoms with Crippen LogP contribution in [0.3, 0.4) is 0 Å². The van der Waals surface area contributed by atoms with Crippen LogP contribution in [-0.2, 0) is 0 Å². The van der Waals surface area contributed by atoms with Gasteiger partial charge in [-0.15, -0.1) is 34.8 Å². The van der Waals surface area contributed by atoms with Gasteiger partial charge in [0.25, 0.3) is 0 Å². The first kappa shape index (κ1) is 21.5. The molecule has 0 fully saturated rings. The van der Waals surface area contributed by atoms with Gasteiger partial charge in [-0.3, -0.25) is 0 Å². The van der Waals surface area contributed by atoms with Crippen LogP contribution in [0.2, 0.25) is 0 Å². The Morgan fingerprint density at radius 2 is 0.792 bits per heavy atom. The first-order valence-corrected chi connectivity index (χ1v) is 10.1. The SMILES string of the molecule is ClCCCCOc1cc(OCCCCCl)cc(OCCCCCl)c1. The summed E-state index contributed by atoms with van der Waals surface area (Å²) in [5.74, 6) is 4.23. The van der Waals surface area contributed by atoms with Crippen molar-refractivity contribution in [1.82, 2.24) is 0 Å². The van der Waals surface area contributed by atoms with Crippen molar-refractivity contribution in [3.05, 3.63) is 18.2 Å². The van der Waals surface area contributed by atoms with Crippen molar-refractivity contribution < 1.29 is 14.2 Å².